The van der Waals surface area contributed by atoms with Crippen molar-refractivity contribution in [2.24, 2.45) is 0 Å². The first kappa shape index (κ1) is 12.3. The highest BCUT2D eigenvalue weighted by molar-refractivity contribution is 6.33. The van der Waals surface area contributed by atoms with Crippen molar-refractivity contribution in [1.29, 1.82) is 0 Å². The molecule has 86 valence electrons. The van der Waals surface area contributed by atoms with Crippen LogP contribution in [0.5, 0.6) is 17.2 Å². The van der Waals surface area contributed by atoms with Crippen molar-refractivity contribution in [1.82, 2.24) is 0 Å². The lowest BCUT2D eigenvalue weighted by Crippen LogP contribution is -2.20. The standard InChI is InChI=1S/C9H11BO6/c1-14-8-3-6(16-10(12)13)4-9(15-2)7(8)5-11/h3-5,12-13H,1-2H3. The lowest BCUT2D eigenvalue weighted by molar-refractivity contribution is 0.111. The molecule has 0 aliphatic carbocycles. The second-order valence-electron chi connectivity index (χ2n) is 2.80. The predicted molar refractivity (Wildman–Crippen MR) is 55.8 cm³/mol. The molecule has 0 amide bonds. The number of aldehydes is 1. The summed E-state index contributed by atoms with van der Waals surface area (Å²) in [6.07, 6.45) is 0.580. The largest absolute Gasteiger partial charge is 0.707 e. The van der Waals surface area contributed by atoms with Crippen LogP contribution < -0.4 is 14.1 Å². The van der Waals surface area contributed by atoms with Gasteiger partial charge in [-0.05, 0) is 0 Å². The van der Waals surface area contributed by atoms with E-state index >= 15 is 0 Å². The monoisotopic (exact) mass is 226 g/mol. The van der Waals surface area contributed by atoms with Crippen molar-refractivity contribution < 1.29 is 29.0 Å². The van der Waals surface area contributed by atoms with Crippen molar-refractivity contribution in [2.45, 2.75) is 0 Å². The van der Waals surface area contributed by atoms with Gasteiger partial charge in [-0.25, -0.2) is 0 Å². The van der Waals surface area contributed by atoms with Crippen molar-refractivity contribution in [2.75, 3.05) is 14.2 Å². The fraction of sp³-hybridized carbons (Fsp3) is 0.222. The third kappa shape index (κ3) is 2.65. The Morgan fingerprint density at radius 3 is 2.00 bits per heavy atom. The fourth-order valence-corrected chi connectivity index (χ4v) is 1.22. The zero-order valence-corrected chi connectivity index (χ0v) is 8.84. The van der Waals surface area contributed by atoms with Crippen LogP contribution in [0, 0.1) is 0 Å². The molecule has 0 aliphatic rings. The van der Waals surface area contributed by atoms with E-state index in [2.05, 4.69) is 4.65 Å². The molecule has 0 spiro atoms. The first-order chi connectivity index (χ1) is 7.62. The Morgan fingerprint density at radius 1 is 1.19 bits per heavy atom. The van der Waals surface area contributed by atoms with Crippen molar-refractivity contribution in [3.05, 3.63) is 17.7 Å². The molecule has 1 rings (SSSR count). The Labute approximate surface area is 92.5 Å². The first-order valence-electron chi connectivity index (χ1n) is 4.36. The minimum Gasteiger partial charge on any atom is -0.512 e. The minimum atomic E-state index is -1.95. The van der Waals surface area contributed by atoms with Gasteiger partial charge in [0, 0.05) is 12.1 Å². The second-order valence-corrected chi connectivity index (χ2v) is 2.80. The molecular weight excluding hydrogens is 215 g/mol. The van der Waals surface area contributed by atoms with E-state index in [1.807, 2.05) is 0 Å². The quantitative estimate of drug-likeness (QED) is 0.537. The van der Waals surface area contributed by atoms with Gasteiger partial charge in [0.2, 0.25) is 0 Å². The van der Waals surface area contributed by atoms with E-state index in [-0.39, 0.29) is 22.8 Å². The molecule has 1 aromatic rings. The maximum atomic E-state index is 10.8. The molecule has 0 fully saturated rings. The van der Waals surface area contributed by atoms with E-state index in [4.69, 9.17) is 19.5 Å². The molecule has 0 aromatic heterocycles. The van der Waals surface area contributed by atoms with Gasteiger partial charge >= 0.3 is 7.32 Å². The predicted octanol–water partition coefficient (Wildman–Crippen LogP) is -0.135. The van der Waals surface area contributed by atoms with Gasteiger partial charge < -0.3 is 24.2 Å². The van der Waals surface area contributed by atoms with Gasteiger partial charge in [0.1, 0.15) is 17.2 Å². The Kier molecular flexibility index (Phi) is 4.15. The summed E-state index contributed by atoms with van der Waals surface area (Å²) < 4.78 is 14.5. The zero-order valence-electron chi connectivity index (χ0n) is 8.84. The van der Waals surface area contributed by atoms with Crippen LogP contribution in [-0.4, -0.2) is 37.9 Å². The van der Waals surface area contributed by atoms with Gasteiger partial charge in [0.25, 0.3) is 0 Å². The van der Waals surface area contributed by atoms with Crippen LogP contribution in [-0.2, 0) is 0 Å². The molecule has 0 aliphatic heterocycles. The average molecular weight is 226 g/mol. The van der Waals surface area contributed by atoms with Crippen molar-refractivity contribution >= 4 is 13.6 Å². The molecular formula is C9H11BO6. The van der Waals surface area contributed by atoms with Crippen LogP contribution >= 0.6 is 0 Å². The molecule has 0 heterocycles. The third-order valence-corrected chi connectivity index (χ3v) is 1.88. The molecule has 1 aromatic carbocycles. The van der Waals surface area contributed by atoms with E-state index in [1.54, 1.807) is 0 Å². The number of hydrogen-bond donors (Lipinski definition) is 2. The Bertz CT molecular complexity index is 353. The topological polar surface area (TPSA) is 85.2 Å². The van der Waals surface area contributed by atoms with E-state index in [9.17, 15) is 4.79 Å². The van der Waals surface area contributed by atoms with Crippen LogP contribution in [0.4, 0.5) is 0 Å². The molecule has 0 atom stereocenters. The summed E-state index contributed by atoms with van der Waals surface area (Å²) in [5.74, 6) is 0.573. The smallest absolute Gasteiger partial charge is 0.512 e. The van der Waals surface area contributed by atoms with Crippen molar-refractivity contribution in [3.8, 4) is 17.2 Å². The number of hydrogen-bond acceptors (Lipinski definition) is 6. The summed E-state index contributed by atoms with van der Waals surface area (Å²) >= 11 is 0. The van der Waals surface area contributed by atoms with E-state index < -0.39 is 7.32 Å². The molecule has 0 saturated heterocycles. The normalized spacial score (nSPS) is 9.50. The molecule has 7 heteroatoms. The molecule has 0 saturated carbocycles. The van der Waals surface area contributed by atoms with Gasteiger partial charge in [-0.2, -0.15) is 0 Å². The van der Waals surface area contributed by atoms with E-state index in [0.717, 1.165) is 0 Å². The SMILES string of the molecule is COc1cc(OB(O)O)cc(OC)c1C=O. The highest BCUT2D eigenvalue weighted by Gasteiger charge is 2.16. The maximum Gasteiger partial charge on any atom is 0.707 e. The average Bonchev–Trinajstić information content (AvgIpc) is 2.26. The molecule has 0 radical (unpaired) electrons. The molecule has 2 N–H and O–H groups in total. The number of carbonyl (C=O) groups is 1. The Morgan fingerprint density at radius 2 is 1.69 bits per heavy atom. The Hall–Kier alpha value is -1.73. The number of carbonyl (C=O) groups excluding carboxylic acids is 1. The fourth-order valence-electron chi connectivity index (χ4n) is 1.22. The summed E-state index contributed by atoms with van der Waals surface area (Å²) in [5, 5.41) is 17.3. The lowest BCUT2D eigenvalue weighted by atomic mass is 10.1. The summed E-state index contributed by atoms with van der Waals surface area (Å²) in [6.45, 7) is 0. The van der Waals surface area contributed by atoms with Crippen LogP contribution in [0.3, 0.4) is 0 Å². The minimum absolute atomic E-state index is 0.120. The third-order valence-electron chi connectivity index (χ3n) is 1.88. The molecule has 16 heavy (non-hydrogen) atoms. The number of benzene rings is 1. The summed E-state index contributed by atoms with van der Waals surface area (Å²) in [4.78, 5) is 10.8. The highest BCUT2D eigenvalue weighted by atomic mass is 16.6. The zero-order chi connectivity index (χ0) is 12.1. The first-order valence-corrected chi connectivity index (χ1v) is 4.36. The summed E-state index contributed by atoms with van der Waals surface area (Å²) in [7, 11) is 0.804. The number of ether oxygens (including phenoxy) is 2. The van der Waals surface area contributed by atoms with Gasteiger partial charge in [0.05, 0.1) is 19.8 Å². The van der Waals surface area contributed by atoms with Crippen LogP contribution in [0.15, 0.2) is 12.1 Å². The van der Waals surface area contributed by atoms with E-state index in [1.165, 1.54) is 26.4 Å². The summed E-state index contributed by atoms with van der Waals surface area (Å²) in [5.41, 5.74) is 0.227. The summed E-state index contributed by atoms with van der Waals surface area (Å²) in [6, 6.07) is 2.71. The number of rotatable bonds is 5. The number of methoxy groups -OCH3 is 2. The Balaban J connectivity index is 3.20. The molecule has 0 bridgehead atoms. The highest BCUT2D eigenvalue weighted by Crippen LogP contribution is 2.32. The van der Waals surface area contributed by atoms with Crippen LogP contribution in [0.2, 0.25) is 0 Å². The maximum absolute atomic E-state index is 10.8. The molecule has 0 unspecified atom stereocenters. The van der Waals surface area contributed by atoms with Gasteiger partial charge in [0.15, 0.2) is 6.29 Å². The van der Waals surface area contributed by atoms with Gasteiger partial charge in [-0.1, -0.05) is 0 Å². The lowest BCUT2D eigenvalue weighted by Gasteiger charge is -2.12. The van der Waals surface area contributed by atoms with Crippen LogP contribution in [0.25, 0.3) is 0 Å². The van der Waals surface area contributed by atoms with Gasteiger partial charge in [-0.15, -0.1) is 0 Å². The van der Waals surface area contributed by atoms with Gasteiger partial charge in [-0.3, -0.25) is 4.79 Å². The van der Waals surface area contributed by atoms with E-state index in [0.29, 0.717) is 6.29 Å². The molecule has 6 nitrogen and oxygen atoms in total. The second kappa shape index (κ2) is 5.38. The van der Waals surface area contributed by atoms with Crippen molar-refractivity contribution in [3.63, 3.8) is 0 Å². The van der Waals surface area contributed by atoms with Crippen LogP contribution in [0.1, 0.15) is 10.4 Å².